The van der Waals surface area contributed by atoms with Crippen molar-refractivity contribution in [2.45, 2.75) is 5.60 Å². The van der Waals surface area contributed by atoms with E-state index >= 15 is 0 Å². The fourth-order valence-corrected chi connectivity index (χ4v) is 5.18. The molecule has 0 aliphatic heterocycles. The second-order valence-electron chi connectivity index (χ2n) is 7.67. The predicted molar refractivity (Wildman–Crippen MR) is 120 cm³/mol. The van der Waals surface area contributed by atoms with Gasteiger partial charge in [0.05, 0.1) is 0 Å². The molecule has 6 rings (SSSR count). The van der Waals surface area contributed by atoms with Gasteiger partial charge < -0.3 is 4.74 Å². The standard InChI is InChI=1S/C28H20O/c1-29-28(25-16-8-6-14-23(25)24-15-7-9-17-26(24)28)27-21-12-4-2-10-19(21)18-20-11-3-5-13-22(20)27/h2-18H,1H3. The summed E-state index contributed by atoms with van der Waals surface area (Å²) in [6.45, 7) is 0. The smallest absolute Gasteiger partial charge is 0.145 e. The Morgan fingerprint density at radius 3 is 1.52 bits per heavy atom. The molecule has 5 aromatic carbocycles. The normalized spacial score (nSPS) is 14.1. The average molecular weight is 372 g/mol. The zero-order chi connectivity index (χ0) is 19.4. The van der Waals surface area contributed by atoms with Gasteiger partial charge in [-0.15, -0.1) is 0 Å². The first-order valence-corrected chi connectivity index (χ1v) is 10.00. The summed E-state index contributed by atoms with van der Waals surface area (Å²) in [6, 6.07) is 36.9. The first-order chi connectivity index (χ1) is 14.3. The Labute approximate surface area is 170 Å². The molecule has 0 fully saturated rings. The molecule has 0 N–H and O–H groups in total. The second-order valence-corrected chi connectivity index (χ2v) is 7.67. The summed E-state index contributed by atoms with van der Waals surface area (Å²) in [5.74, 6) is 0. The highest BCUT2D eigenvalue weighted by atomic mass is 16.5. The van der Waals surface area contributed by atoms with Gasteiger partial charge in [0.25, 0.3) is 0 Å². The summed E-state index contributed by atoms with van der Waals surface area (Å²) in [5, 5.41) is 4.94. The van der Waals surface area contributed by atoms with Crippen molar-refractivity contribution in [3.63, 3.8) is 0 Å². The van der Waals surface area contributed by atoms with Crippen LogP contribution in [0.15, 0.2) is 103 Å². The third-order valence-corrected chi connectivity index (χ3v) is 6.33. The van der Waals surface area contributed by atoms with Crippen LogP contribution in [0, 0.1) is 0 Å². The molecule has 0 amide bonds. The maximum Gasteiger partial charge on any atom is 0.145 e. The molecule has 0 radical (unpaired) electrons. The van der Waals surface area contributed by atoms with Crippen molar-refractivity contribution >= 4 is 21.5 Å². The Morgan fingerprint density at radius 2 is 1.00 bits per heavy atom. The highest BCUT2D eigenvalue weighted by molar-refractivity contribution is 6.05. The average Bonchev–Trinajstić information content (AvgIpc) is 3.08. The monoisotopic (exact) mass is 372 g/mol. The van der Waals surface area contributed by atoms with Crippen LogP contribution in [0.1, 0.15) is 16.7 Å². The van der Waals surface area contributed by atoms with E-state index in [1.165, 1.54) is 49.4 Å². The van der Waals surface area contributed by atoms with Crippen molar-refractivity contribution in [3.05, 3.63) is 120 Å². The van der Waals surface area contributed by atoms with Crippen LogP contribution in [0.2, 0.25) is 0 Å². The predicted octanol–water partition coefficient (Wildman–Crippen LogP) is 6.91. The van der Waals surface area contributed by atoms with E-state index in [1.807, 2.05) is 7.11 Å². The Morgan fingerprint density at radius 1 is 0.552 bits per heavy atom. The van der Waals surface area contributed by atoms with Gasteiger partial charge in [-0.1, -0.05) is 97.1 Å². The van der Waals surface area contributed by atoms with Gasteiger partial charge in [-0.3, -0.25) is 0 Å². The number of hydrogen-bond acceptors (Lipinski definition) is 1. The van der Waals surface area contributed by atoms with Gasteiger partial charge >= 0.3 is 0 Å². The molecule has 0 atom stereocenters. The minimum absolute atomic E-state index is 0.645. The van der Waals surface area contributed by atoms with E-state index in [4.69, 9.17) is 4.74 Å². The van der Waals surface area contributed by atoms with Crippen LogP contribution in [0.5, 0.6) is 0 Å². The lowest BCUT2D eigenvalue weighted by Gasteiger charge is -2.33. The van der Waals surface area contributed by atoms with Crippen molar-refractivity contribution in [1.82, 2.24) is 0 Å². The summed E-state index contributed by atoms with van der Waals surface area (Å²) in [6.07, 6.45) is 0. The Bertz CT molecular complexity index is 1300. The third kappa shape index (κ3) is 2.08. The maximum absolute atomic E-state index is 6.55. The Kier molecular flexibility index (Phi) is 3.44. The maximum atomic E-state index is 6.55. The molecule has 29 heavy (non-hydrogen) atoms. The molecule has 1 heteroatoms. The zero-order valence-corrected chi connectivity index (χ0v) is 16.2. The molecule has 5 aromatic rings. The van der Waals surface area contributed by atoms with E-state index in [0.717, 1.165) is 0 Å². The van der Waals surface area contributed by atoms with Gasteiger partial charge in [-0.2, -0.15) is 0 Å². The van der Waals surface area contributed by atoms with E-state index in [0.29, 0.717) is 0 Å². The summed E-state index contributed by atoms with van der Waals surface area (Å²) < 4.78 is 6.55. The molecule has 0 saturated carbocycles. The summed E-state index contributed by atoms with van der Waals surface area (Å²) >= 11 is 0. The minimum atomic E-state index is -0.645. The number of benzene rings is 5. The molecular weight excluding hydrogens is 352 g/mol. The lowest BCUT2D eigenvalue weighted by molar-refractivity contribution is 0.0649. The molecule has 0 spiro atoms. The molecule has 0 bridgehead atoms. The van der Waals surface area contributed by atoms with Crippen LogP contribution in [-0.2, 0) is 10.3 Å². The van der Waals surface area contributed by atoms with E-state index in [-0.39, 0.29) is 0 Å². The zero-order valence-electron chi connectivity index (χ0n) is 16.2. The third-order valence-electron chi connectivity index (χ3n) is 6.33. The first-order valence-electron chi connectivity index (χ1n) is 10.00. The molecule has 1 aliphatic carbocycles. The number of ether oxygens (including phenoxy) is 1. The number of methoxy groups -OCH3 is 1. The fraction of sp³-hybridized carbons (Fsp3) is 0.0714. The van der Waals surface area contributed by atoms with Crippen molar-refractivity contribution in [2.75, 3.05) is 7.11 Å². The summed E-state index contributed by atoms with van der Waals surface area (Å²) in [4.78, 5) is 0. The summed E-state index contributed by atoms with van der Waals surface area (Å²) in [7, 11) is 1.84. The molecule has 0 unspecified atom stereocenters. The van der Waals surface area contributed by atoms with Crippen molar-refractivity contribution in [2.24, 2.45) is 0 Å². The van der Waals surface area contributed by atoms with E-state index in [9.17, 15) is 0 Å². The quantitative estimate of drug-likeness (QED) is 0.306. The molecule has 0 heterocycles. The number of rotatable bonds is 2. The summed E-state index contributed by atoms with van der Waals surface area (Å²) in [5.41, 5.74) is 5.51. The van der Waals surface area contributed by atoms with Crippen molar-refractivity contribution in [1.29, 1.82) is 0 Å². The highest BCUT2D eigenvalue weighted by Gasteiger charge is 2.46. The van der Waals surface area contributed by atoms with Gasteiger partial charge in [0.2, 0.25) is 0 Å². The van der Waals surface area contributed by atoms with Gasteiger partial charge in [0, 0.05) is 23.8 Å². The van der Waals surface area contributed by atoms with Gasteiger partial charge in [0.1, 0.15) is 5.60 Å². The van der Waals surface area contributed by atoms with Crippen LogP contribution >= 0.6 is 0 Å². The highest BCUT2D eigenvalue weighted by Crippen LogP contribution is 2.55. The Balaban J connectivity index is 1.88. The Hall–Kier alpha value is -3.42. The van der Waals surface area contributed by atoms with Crippen molar-refractivity contribution < 1.29 is 4.74 Å². The van der Waals surface area contributed by atoms with Crippen LogP contribution < -0.4 is 0 Å². The van der Waals surface area contributed by atoms with Crippen LogP contribution in [0.4, 0.5) is 0 Å². The molecule has 0 aromatic heterocycles. The van der Waals surface area contributed by atoms with E-state index in [2.05, 4.69) is 103 Å². The van der Waals surface area contributed by atoms with E-state index < -0.39 is 5.60 Å². The topological polar surface area (TPSA) is 9.23 Å². The number of hydrogen-bond donors (Lipinski definition) is 0. The molecule has 1 aliphatic rings. The van der Waals surface area contributed by atoms with Crippen molar-refractivity contribution in [3.8, 4) is 11.1 Å². The molecule has 1 nitrogen and oxygen atoms in total. The second kappa shape index (κ2) is 6.04. The van der Waals surface area contributed by atoms with Gasteiger partial charge in [-0.05, 0) is 38.7 Å². The minimum Gasteiger partial charge on any atom is -0.364 e. The SMILES string of the molecule is COC1(c2c3ccccc3cc3ccccc23)c2ccccc2-c2ccccc21. The van der Waals surface area contributed by atoms with Crippen LogP contribution in [0.3, 0.4) is 0 Å². The van der Waals surface area contributed by atoms with Gasteiger partial charge in [0.15, 0.2) is 0 Å². The number of fused-ring (bicyclic) bond motifs is 5. The van der Waals surface area contributed by atoms with Crippen LogP contribution in [-0.4, -0.2) is 7.11 Å². The lowest BCUT2D eigenvalue weighted by atomic mass is 9.79. The first kappa shape index (κ1) is 16.5. The lowest BCUT2D eigenvalue weighted by Crippen LogP contribution is -2.29. The largest absolute Gasteiger partial charge is 0.364 e. The van der Waals surface area contributed by atoms with E-state index in [1.54, 1.807) is 0 Å². The van der Waals surface area contributed by atoms with Gasteiger partial charge in [-0.25, -0.2) is 0 Å². The fourth-order valence-electron chi connectivity index (χ4n) is 5.18. The molecular formula is C28H20O. The molecule has 0 saturated heterocycles. The van der Waals surface area contributed by atoms with Crippen LogP contribution in [0.25, 0.3) is 32.7 Å². The molecule has 138 valence electrons.